The average Bonchev–Trinajstić information content (AvgIpc) is 2.06. The quantitative estimate of drug-likeness (QED) is 0.591. The zero-order chi connectivity index (χ0) is 8.97. The molecule has 0 saturated carbocycles. The van der Waals surface area contributed by atoms with Crippen molar-refractivity contribution < 1.29 is 9.53 Å². The van der Waals surface area contributed by atoms with E-state index in [9.17, 15) is 4.79 Å². The average molecular weight is 168 g/mol. The van der Waals surface area contributed by atoms with Crippen molar-refractivity contribution in [2.75, 3.05) is 6.54 Å². The van der Waals surface area contributed by atoms with Crippen LogP contribution >= 0.6 is 0 Å². The summed E-state index contributed by atoms with van der Waals surface area (Å²) in [5.41, 5.74) is 0. The molecule has 1 aliphatic rings. The lowest BCUT2D eigenvalue weighted by Crippen LogP contribution is -2.12. The van der Waals surface area contributed by atoms with E-state index in [4.69, 9.17) is 4.74 Å². The second kappa shape index (κ2) is 3.99. The van der Waals surface area contributed by atoms with Crippen molar-refractivity contribution in [1.29, 1.82) is 0 Å². The smallest absolute Gasteiger partial charge is 0.313 e. The summed E-state index contributed by atoms with van der Waals surface area (Å²) in [6.07, 6.45) is 2.16. The van der Waals surface area contributed by atoms with Crippen LogP contribution in [0, 0.1) is 5.92 Å². The van der Waals surface area contributed by atoms with Crippen LogP contribution in [0.4, 0.5) is 0 Å². The third-order valence-electron chi connectivity index (χ3n) is 1.44. The van der Waals surface area contributed by atoms with Gasteiger partial charge in [0.2, 0.25) is 0 Å². The van der Waals surface area contributed by atoms with E-state index in [2.05, 4.69) is 10.2 Å². The van der Waals surface area contributed by atoms with Crippen LogP contribution in [0.25, 0.3) is 0 Å². The molecular formula is C8H12N2O2. The van der Waals surface area contributed by atoms with Crippen LogP contribution in [0.2, 0.25) is 0 Å². The topological polar surface area (TPSA) is 51.0 Å². The van der Waals surface area contributed by atoms with Crippen LogP contribution in [-0.4, -0.2) is 12.5 Å². The molecule has 0 spiro atoms. The van der Waals surface area contributed by atoms with Gasteiger partial charge in [0.1, 0.15) is 5.76 Å². The van der Waals surface area contributed by atoms with Gasteiger partial charge in [-0.15, -0.1) is 0 Å². The molecule has 0 bridgehead atoms. The van der Waals surface area contributed by atoms with Gasteiger partial charge in [-0.05, 0) is 0 Å². The number of carbonyl (C=O) groups is 1. The summed E-state index contributed by atoms with van der Waals surface area (Å²) >= 11 is 0. The highest BCUT2D eigenvalue weighted by Crippen LogP contribution is 2.11. The predicted molar refractivity (Wildman–Crippen MR) is 43.4 cm³/mol. The maximum Gasteiger partial charge on any atom is 0.313 e. The van der Waals surface area contributed by atoms with Gasteiger partial charge in [0.25, 0.3) is 0 Å². The molecule has 0 radical (unpaired) electrons. The first-order chi connectivity index (χ1) is 5.70. The van der Waals surface area contributed by atoms with Crippen LogP contribution in [0.3, 0.4) is 0 Å². The Morgan fingerprint density at radius 2 is 2.42 bits per heavy atom. The highest BCUT2D eigenvalue weighted by Gasteiger charge is 2.12. The van der Waals surface area contributed by atoms with Crippen LogP contribution in [0.15, 0.2) is 22.2 Å². The summed E-state index contributed by atoms with van der Waals surface area (Å²) in [6.45, 7) is 4.21. The van der Waals surface area contributed by atoms with Crippen LogP contribution in [-0.2, 0) is 9.53 Å². The fraction of sp³-hybridized carbons (Fsp3) is 0.625. The SMILES string of the molecule is CC(C)C(=O)OC1=CN=NCC1. The predicted octanol–water partition coefficient (Wildman–Crippen LogP) is 1.88. The van der Waals surface area contributed by atoms with Crippen molar-refractivity contribution in [3.63, 3.8) is 0 Å². The van der Waals surface area contributed by atoms with E-state index < -0.39 is 0 Å². The minimum atomic E-state index is -0.210. The van der Waals surface area contributed by atoms with E-state index >= 15 is 0 Å². The Morgan fingerprint density at radius 1 is 1.67 bits per heavy atom. The minimum Gasteiger partial charge on any atom is -0.429 e. The monoisotopic (exact) mass is 168 g/mol. The van der Waals surface area contributed by atoms with E-state index in [1.165, 1.54) is 6.20 Å². The fourth-order valence-corrected chi connectivity index (χ4v) is 0.712. The summed E-state index contributed by atoms with van der Waals surface area (Å²) in [5, 5.41) is 7.39. The van der Waals surface area contributed by atoms with Gasteiger partial charge in [-0.3, -0.25) is 4.79 Å². The molecular weight excluding hydrogens is 156 g/mol. The third-order valence-corrected chi connectivity index (χ3v) is 1.44. The molecule has 0 aliphatic carbocycles. The Morgan fingerprint density at radius 3 is 2.92 bits per heavy atom. The third kappa shape index (κ3) is 2.45. The fourth-order valence-electron chi connectivity index (χ4n) is 0.712. The molecule has 1 heterocycles. The van der Waals surface area contributed by atoms with Gasteiger partial charge in [0.15, 0.2) is 0 Å². The Hall–Kier alpha value is -1.19. The van der Waals surface area contributed by atoms with Crippen molar-refractivity contribution >= 4 is 5.97 Å². The summed E-state index contributed by atoms with van der Waals surface area (Å²) in [6, 6.07) is 0. The standard InChI is InChI=1S/C8H12N2O2/c1-6(2)8(11)12-7-3-4-9-10-5-7/h5-6H,3-4H2,1-2H3. The van der Waals surface area contributed by atoms with Crippen LogP contribution < -0.4 is 0 Å². The van der Waals surface area contributed by atoms with E-state index in [-0.39, 0.29) is 11.9 Å². The van der Waals surface area contributed by atoms with E-state index in [1.54, 1.807) is 13.8 Å². The Kier molecular flexibility index (Phi) is 2.96. The Balaban J connectivity index is 2.45. The second-order valence-corrected chi connectivity index (χ2v) is 2.90. The molecule has 0 aromatic heterocycles. The van der Waals surface area contributed by atoms with Gasteiger partial charge in [-0.25, -0.2) is 0 Å². The van der Waals surface area contributed by atoms with E-state index in [0.29, 0.717) is 18.7 Å². The highest BCUT2D eigenvalue weighted by atomic mass is 16.5. The largest absolute Gasteiger partial charge is 0.429 e. The minimum absolute atomic E-state index is 0.0928. The van der Waals surface area contributed by atoms with Crippen molar-refractivity contribution in [1.82, 2.24) is 0 Å². The zero-order valence-electron chi connectivity index (χ0n) is 7.28. The Labute approximate surface area is 71.3 Å². The summed E-state index contributed by atoms with van der Waals surface area (Å²) in [4.78, 5) is 11.1. The molecule has 0 aromatic carbocycles. The number of carbonyl (C=O) groups excluding carboxylic acids is 1. The molecule has 1 rings (SSSR count). The lowest BCUT2D eigenvalue weighted by Gasteiger charge is -2.09. The lowest BCUT2D eigenvalue weighted by atomic mass is 10.2. The van der Waals surface area contributed by atoms with Crippen LogP contribution in [0.1, 0.15) is 20.3 Å². The number of ether oxygens (including phenoxy) is 1. The first-order valence-electron chi connectivity index (χ1n) is 3.97. The normalized spacial score (nSPS) is 16.1. The molecule has 0 saturated heterocycles. The van der Waals surface area contributed by atoms with Gasteiger partial charge in [0, 0.05) is 6.42 Å². The van der Waals surface area contributed by atoms with Crippen molar-refractivity contribution in [3.05, 3.63) is 12.0 Å². The Bertz CT molecular complexity index is 231. The number of azo groups is 1. The molecule has 0 fully saturated rings. The van der Waals surface area contributed by atoms with Crippen LogP contribution in [0.5, 0.6) is 0 Å². The zero-order valence-corrected chi connectivity index (χ0v) is 7.28. The van der Waals surface area contributed by atoms with Gasteiger partial charge in [0.05, 0.1) is 18.7 Å². The first-order valence-corrected chi connectivity index (χ1v) is 3.97. The molecule has 12 heavy (non-hydrogen) atoms. The highest BCUT2D eigenvalue weighted by molar-refractivity contribution is 5.72. The summed E-state index contributed by atoms with van der Waals surface area (Å²) in [7, 11) is 0. The second-order valence-electron chi connectivity index (χ2n) is 2.90. The first kappa shape index (κ1) is 8.90. The van der Waals surface area contributed by atoms with E-state index in [1.807, 2.05) is 0 Å². The molecule has 0 atom stereocenters. The molecule has 4 heteroatoms. The number of hydrogen-bond donors (Lipinski definition) is 0. The summed E-state index contributed by atoms with van der Waals surface area (Å²) in [5.74, 6) is 0.312. The number of nitrogens with zero attached hydrogens (tertiary/aromatic N) is 2. The molecule has 0 unspecified atom stereocenters. The maximum absolute atomic E-state index is 11.1. The van der Waals surface area contributed by atoms with Gasteiger partial charge < -0.3 is 4.74 Å². The molecule has 0 amide bonds. The van der Waals surface area contributed by atoms with Gasteiger partial charge in [-0.1, -0.05) is 13.8 Å². The number of rotatable bonds is 2. The maximum atomic E-state index is 11.1. The number of esters is 1. The van der Waals surface area contributed by atoms with Crippen molar-refractivity contribution in [3.8, 4) is 0 Å². The molecule has 4 nitrogen and oxygen atoms in total. The van der Waals surface area contributed by atoms with E-state index in [0.717, 1.165) is 0 Å². The molecule has 0 aromatic rings. The van der Waals surface area contributed by atoms with Gasteiger partial charge in [-0.2, -0.15) is 10.2 Å². The molecule has 66 valence electrons. The molecule has 0 N–H and O–H groups in total. The van der Waals surface area contributed by atoms with Gasteiger partial charge >= 0.3 is 5.97 Å². The lowest BCUT2D eigenvalue weighted by molar-refractivity contribution is -0.143. The van der Waals surface area contributed by atoms with Crippen molar-refractivity contribution in [2.45, 2.75) is 20.3 Å². The number of hydrogen-bond acceptors (Lipinski definition) is 4. The van der Waals surface area contributed by atoms with Crippen molar-refractivity contribution in [2.24, 2.45) is 16.1 Å². The summed E-state index contributed by atoms with van der Waals surface area (Å²) < 4.78 is 5.02. The molecule has 1 aliphatic heterocycles.